The third-order valence-electron chi connectivity index (χ3n) is 4.43. The molecule has 28 heavy (non-hydrogen) atoms. The number of hydrogen-bond donors (Lipinski definition) is 2. The van der Waals surface area contributed by atoms with Crippen LogP contribution in [0.15, 0.2) is 59.1 Å². The van der Waals surface area contributed by atoms with Gasteiger partial charge in [-0.3, -0.25) is 4.79 Å². The lowest BCUT2D eigenvalue weighted by Gasteiger charge is -2.15. The van der Waals surface area contributed by atoms with Crippen LogP contribution in [0.25, 0.3) is 21.9 Å². The van der Waals surface area contributed by atoms with Crippen LogP contribution in [-0.4, -0.2) is 30.1 Å². The van der Waals surface area contributed by atoms with Gasteiger partial charge in [0.25, 0.3) is 5.91 Å². The van der Waals surface area contributed by atoms with Gasteiger partial charge in [-0.1, -0.05) is 18.2 Å². The molecule has 4 aromatic rings. The second-order valence-corrected chi connectivity index (χ2v) is 6.27. The smallest absolute Gasteiger partial charge is 0.355 e. The Kier molecular flexibility index (Phi) is 4.49. The Hall–Kier alpha value is -3.74. The summed E-state index contributed by atoms with van der Waals surface area (Å²) in [6, 6.07) is 14.4. The molecule has 142 valence electrons. The maximum Gasteiger partial charge on any atom is 0.355 e. The predicted molar refractivity (Wildman–Crippen MR) is 105 cm³/mol. The van der Waals surface area contributed by atoms with E-state index in [0.717, 1.165) is 16.4 Å². The molecule has 2 N–H and O–H groups in total. The Morgan fingerprint density at radius 2 is 1.89 bits per heavy atom. The summed E-state index contributed by atoms with van der Waals surface area (Å²) in [5.41, 5.74) is 2.08. The first kappa shape index (κ1) is 17.7. The number of nitrogens with one attached hydrogen (secondary N) is 2. The zero-order chi connectivity index (χ0) is 19.7. The van der Waals surface area contributed by atoms with E-state index in [1.807, 2.05) is 30.3 Å². The normalized spacial score (nSPS) is 12.1. The molecule has 0 radical (unpaired) electrons. The van der Waals surface area contributed by atoms with E-state index < -0.39 is 18.0 Å². The van der Waals surface area contributed by atoms with E-state index in [2.05, 4.69) is 10.3 Å². The third-order valence-corrected chi connectivity index (χ3v) is 4.43. The van der Waals surface area contributed by atoms with E-state index in [9.17, 15) is 9.59 Å². The Labute approximate surface area is 160 Å². The van der Waals surface area contributed by atoms with Gasteiger partial charge in [0, 0.05) is 23.0 Å². The number of furan rings is 1. The number of hydrogen-bond acceptors (Lipinski definition) is 5. The number of amides is 1. The highest BCUT2D eigenvalue weighted by atomic mass is 16.5. The SMILES string of the molecule is COc1cc2c(cc1NC(=O)[C@@H](C)OC(=O)c1ccc[nH]1)oc1ccccc12. The van der Waals surface area contributed by atoms with Crippen molar-refractivity contribution in [3.63, 3.8) is 0 Å². The summed E-state index contributed by atoms with van der Waals surface area (Å²) >= 11 is 0. The van der Waals surface area contributed by atoms with Crippen LogP contribution >= 0.6 is 0 Å². The van der Waals surface area contributed by atoms with Crippen LogP contribution in [0.2, 0.25) is 0 Å². The highest BCUT2D eigenvalue weighted by Crippen LogP contribution is 2.36. The van der Waals surface area contributed by atoms with Crippen molar-refractivity contribution < 1.29 is 23.5 Å². The molecule has 7 heteroatoms. The van der Waals surface area contributed by atoms with Gasteiger partial charge in [0.2, 0.25) is 0 Å². The first-order valence-electron chi connectivity index (χ1n) is 8.71. The Balaban J connectivity index is 1.58. The summed E-state index contributed by atoms with van der Waals surface area (Å²) in [4.78, 5) is 27.2. The number of para-hydroxylation sites is 1. The van der Waals surface area contributed by atoms with Gasteiger partial charge in [-0.15, -0.1) is 0 Å². The number of benzene rings is 2. The van der Waals surface area contributed by atoms with E-state index in [1.165, 1.54) is 14.0 Å². The second-order valence-electron chi connectivity index (χ2n) is 6.27. The topological polar surface area (TPSA) is 93.6 Å². The number of fused-ring (bicyclic) bond motifs is 3. The van der Waals surface area contributed by atoms with Crippen molar-refractivity contribution in [2.75, 3.05) is 12.4 Å². The summed E-state index contributed by atoms with van der Waals surface area (Å²) in [5, 5.41) is 4.58. The molecule has 0 saturated heterocycles. The van der Waals surface area contributed by atoms with Crippen LogP contribution in [0.1, 0.15) is 17.4 Å². The van der Waals surface area contributed by atoms with Crippen molar-refractivity contribution >= 4 is 39.5 Å². The molecule has 0 fully saturated rings. The van der Waals surface area contributed by atoms with E-state index in [0.29, 0.717) is 17.0 Å². The monoisotopic (exact) mass is 378 g/mol. The van der Waals surface area contributed by atoms with Gasteiger partial charge in [0.15, 0.2) is 6.10 Å². The Morgan fingerprint density at radius 3 is 2.64 bits per heavy atom. The fourth-order valence-electron chi connectivity index (χ4n) is 2.99. The molecular formula is C21H18N2O5. The van der Waals surface area contributed by atoms with Gasteiger partial charge in [0.05, 0.1) is 12.8 Å². The number of aromatic nitrogens is 1. The molecule has 0 unspecified atom stereocenters. The molecular weight excluding hydrogens is 360 g/mol. The van der Waals surface area contributed by atoms with Crippen molar-refractivity contribution in [3.8, 4) is 5.75 Å². The third kappa shape index (κ3) is 3.18. The van der Waals surface area contributed by atoms with E-state index in [1.54, 1.807) is 24.4 Å². The van der Waals surface area contributed by atoms with Crippen molar-refractivity contribution in [3.05, 3.63) is 60.4 Å². The molecule has 0 aliphatic carbocycles. The molecule has 0 aliphatic rings. The fourth-order valence-corrected chi connectivity index (χ4v) is 2.99. The number of carbonyl (C=O) groups excluding carboxylic acids is 2. The van der Waals surface area contributed by atoms with Gasteiger partial charge in [-0.2, -0.15) is 0 Å². The molecule has 2 heterocycles. The minimum atomic E-state index is -0.994. The molecule has 4 rings (SSSR count). The summed E-state index contributed by atoms with van der Waals surface area (Å²) in [6.45, 7) is 1.50. The molecule has 7 nitrogen and oxygen atoms in total. The van der Waals surface area contributed by atoms with Crippen LogP contribution < -0.4 is 10.1 Å². The minimum absolute atomic E-state index is 0.279. The van der Waals surface area contributed by atoms with Gasteiger partial charge < -0.3 is 24.2 Å². The second kappa shape index (κ2) is 7.11. The largest absolute Gasteiger partial charge is 0.495 e. The summed E-state index contributed by atoms with van der Waals surface area (Å²) < 4.78 is 16.5. The van der Waals surface area contributed by atoms with Gasteiger partial charge in [0.1, 0.15) is 22.6 Å². The maximum absolute atomic E-state index is 12.5. The quantitative estimate of drug-likeness (QED) is 0.510. The van der Waals surface area contributed by atoms with Gasteiger partial charge >= 0.3 is 5.97 Å². The van der Waals surface area contributed by atoms with Crippen LogP contribution in [0.5, 0.6) is 5.75 Å². The average molecular weight is 378 g/mol. The molecule has 2 aromatic heterocycles. The molecule has 2 aromatic carbocycles. The first-order valence-corrected chi connectivity index (χ1v) is 8.71. The number of anilines is 1. The fraction of sp³-hybridized carbons (Fsp3) is 0.143. The van der Waals surface area contributed by atoms with Gasteiger partial charge in [-0.05, 0) is 31.2 Å². The van der Waals surface area contributed by atoms with E-state index in [4.69, 9.17) is 13.9 Å². The summed E-state index contributed by atoms with van der Waals surface area (Å²) in [7, 11) is 1.52. The number of ether oxygens (including phenoxy) is 2. The lowest BCUT2D eigenvalue weighted by Crippen LogP contribution is -2.30. The summed E-state index contributed by atoms with van der Waals surface area (Å²) in [5.74, 6) is -0.601. The Bertz CT molecular complexity index is 1160. The van der Waals surface area contributed by atoms with Crippen molar-refractivity contribution in [2.45, 2.75) is 13.0 Å². The average Bonchev–Trinajstić information content (AvgIpc) is 3.35. The number of esters is 1. The Morgan fingerprint density at radius 1 is 1.07 bits per heavy atom. The number of H-pyrrole nitrogens is 1. The molecule has 1 atom stereocenters. The van der Waals surface area contributed by atoms with E-state index >= 15 is 0 Å². The molecule has 0 aliphatic heterocycles. The van der Waals surface area contributed by atoms with Crippen LogP contribution in [0.3, 0.4) is 0 Å². The van der Waals surface area contributed by atoms with Crippen molar-refractivity contribution in [1.29, 1.82) is 0 Å². The van der Waals surface area contributed by atoms with Crippen molar-refractivity contribution in [2.24, 2.45) is 0 Å². The number of carbonyl (C=O) groups is 2. The minimum Gasteiger partial charge on any atom is -0.495 e. The lowest BCUT2D eigenvalue weighted by atomic mass is 10.1. The van der Waals surface area contributed by atoms with Crippen LogP contribution in [-0.2, 0) is 9.53 Å². The highest BCUT2D eigenvalue weighted by molar-refractivity contribution is 6.08. The molecule has 0 saturated carbocycles. The predicted octanol–water partition coefficient (Wildman–Crippen LogP) is 4.11. The standard InChI is InChI=1S/C21H18N2O5/c1-12(27-21(25)15-7-5-9-22-15)20(24)23-16-11-18-14(10-19(16)26-2)13-6-3-4-8-17(13)28-18/h3-12,22H,1-2H3,(H,23,24)/t12-/m1/s1. The molecule has 0 spiro atoms. The highest BCUT2D eigenvalue weighted by Gasteiger charge is 2.21. The first-order chi connectivity index (χ1) is 13.6. The lowest BCUT2D eigenvalue weighted by molar-refractivity contribution is -0.123. The molecule has 1 amide bonds. The van der Waals surface area contributed by atoms with Gasteiger partial charge in [-0.25, -0.2) is 4.79 Å². The number of methoxy groups -OCH3 is 1. The summed E-state index contributed by atoms with van der Waals surface area (Å²) in [6.07, 6.45) is 0.612. The number of rotatable bonds is 5. The zero-order valence-corrected chi connectivity index (χ0v) is 15.3. The van der Waals surface area contributed by atoms with E-state index in [-0.39, 0.29) is 5.69 Å². The zero-order valence-electron chi connectivity index (χ0n) is 15.3. The van der Waals surface area contributed by atoms with Crippen LogP contribution in [0.4, 0.5) is 5.69 Å². The molecule has 0 bridgehead atoms. The van der Waals surface area contributed by atoms with Crippen LogP contribution in [0, 0.1) is 0 Å². The van der Waals surface area contributed by atoms with Crippen molar-refractivity contribution in [1.82, 2.24) is 4.98 Å². The maximum atomic E-state index is 12.5. The number of aromatic amines is 1.